The molecule has 0 saturated carbocycles. The van der Waals surface area contributed by atoms with E-state index in [1.807, 2.05) is 0 Å². The van der Waals surface area contributed by atoms with Gasteiger partial charge in [0.1, 0.15) is 19.3 Å². The number of carbonyl (C=O) groups is 4. The Labute approximate surface area is 580 Å². The van der Waals surface area contributed by atoms with Crippen LogP contribution >= 0.6 is 15.6 Å². The number of hydrogen-bond donors (Lipinski definition) is 3. The average Bonchev–Trinajstić information content (AvgIpc) is 1.37. The normalized spacial score (nSPS) is 14.5. The van der Waals surface area contributed by atoms with Gasteiger partial charge in [-0.25, -0.2) is 9.13 Å². The van der Waals surface area contributed by atoms with Gasteiger partial charge in [0.05, 0.1) is 26.4 Å². The number of carbonyl (C=O) groups excluding carboxylic acids is 4. The second kappa shape index (κ2) is 67.4. The van der Waals surface area contributed by atoms with E-state index in [2.05, 4.69) is 65.8 Å². The van der Waals surface area contributed by atoms with Gasteiger partial charge in [-0.1, -0.05) is 316 Å². The van der Waals surface area contributed by atoms with Crippen LogP contribution in [0.15, 0.2) is 24.3 Å². The van der Waals surface area contributed by atoms with Crippen LogP contribution in [0.4, 0.5) is 0 Å². The maximum absolute atomic E-state index is 13.1. The van der Waals surface area contributed by atoms with Crippen molar-refractivity contribution in [2.24, 2.45) is 11.8 Å². The molecule has 0 spiro atoms. The minimum absolute atomic E-state index is 0.101. The molecule has 0 aliphatic rings. The van der Waals surface area contributed by atoms with Crippen LogP contribution in [-0.4, -0.2) is 96.7 Å². The fourth-order valence-electron chi connectivity index (χ4n) is 11.1. The summed E-state index contributed by atoms with van der Waals surface area (Å²) in [5.41, 5.74) is 0. The third kappa shape index (κ3) is 68.5. The summed E-state index contributed by atoms with van der Waals surface area (Å²) in [6, 6.07) is 0. The fourth-order valence-corrected chi connectivity index (χ4v) is 12.7. The molecule has 560 valence electrons. The van der Waals surface area contributed by atoms with Gasteiger partial charge in [-0.2, -0.15) is 0 Å². The van der Waals surface area contributed by atoms with Crippen molar-refractivity contribution in [3.63, 3.8) is 0 Å². The summed E-state index contributed by atoms with van der Waals surface area (Å²) in [4.78, 5) is 72.8. The first-order valence-electron chi connectivity index (χ1n) is 38.8. The van der Waals surface area contributed by atoms with E-state index in [0.717, 1.165) is 121 Å². The molecule has 0 radical (unpaired) electrons. The van der Waals surface area contributed by atoms with Crippen LogP contribution in [0.5, 0.6) is 0 Å². The van der Waals surface area contributed by atoms with Crippen molar-refractivity contribution in [3.8, 4) is 0 Å². The first-order valence-corrected chi connectivity index (χ1v) is 41.8. The van der Waals surface area contributed by atoms with Gasteiger partial charge in [-0.05, 0) is 63.2 Å². The summed E-state index contributed by atoms with van der Waals surface area (Å²) in [7, 11) is -9.92. The number of aliphatic hydroxyl groups excluding tert-OH is 1. The highest BCUT2D eigenvalue weighted by Crippen LogP contribution is 2.45. The molecule has 0 aliphatic heterocycles. The summed E-state index contributed by atoms with van der Waals surface area (Å²) in [6.07, 6.45) is 57.8. The Bertz CT molecular complexity index is 1930. The molecule has 0 heterocycles. The molecule has 0 rings (SSSR count). The molecule has 0 fully saturated rings. The van der Waals surface area contributed by atoms with Crippen LogP contribution in [0, 0.1) is 11.8 Å². The average molecular weight is 1390 g/mol. The third-order valence-electron chi connectivity index (χ3n) is 17.4. The second-order valence-corrected chi connectivity index (χ2v) is 30.3. The van der Waals surface area contributed by atoms with Crippen molar-refractivity contribution < 1.29 is 80.2 Å². The Hall–Kier alpha value is -2.46. The summed E-state index contributed by atoms with van der Waals surface area (Å²) >= 11 is 0. The van der Waals surface area contributed by atoms with Crippen LogP contribution in [-0.2, 0) is 65.4 Å². The number of phosphoric acid groups is 2. The second-order valence-electron chi connectivity index (χ2n) is 27.4. The number of esters is 4. The first kappa shape index (κ1) is 92.5. The Morgan fingerprint density at radius 3 is 0.947 bits per heavy atom. The summed E-state index contributed by atoms with van der Waals surface area (Å²) in [5, 5.41) is 10.6. The molecule has 19 heteroatoms. The SMILES string of the molecule is CCCCCC/C=C\C=C/CCCCCCCC(=O)OC[C@H](COP(=O)(O)OC[C@@H](O)COP(=O)(O)OC[C@@H](COC(=O)CCCCCCCCCC(C)C)OC(=O)CCCCCCCCCCC(C)CC)OC(=O)CCCCCCCCCCCCCCCCCCCC. The van der Waals surface area contributed by atoms with E-state index in [4.69, 9.17) is 37.0 Å². The smallest absolute Gasteiger partial charge is 0.462 e. The van der Waals surface area contributed by atoms with Gasteiger partial charge in [0.15, 0.2) is 12.2 Å². The number of ether oxygens (including phenoxy) is 4. The number of phosphoric ester groups is 2. The lowest BCUT2D eigenvalue weighted by Crippen LogP contribution is -2.30. The molecule has 3 unspecified atom stereocenters. The quantitative estimate of drug-likeness (QED) is 0.0169. The Balaban J connectivity index is 5.28. The zero-order chi connectivity index (χ0) is 70.0. The molecule has 6 atom stereocenters. The third-order valence-corrected chi connectivity index (χ3v) is 19.3. The Morgan fingerprint density at radius 2 is 0.621 bits per heavy atom. The highest BCUT2D eigenvalue weighted by Gasteiger charge is 2.30. The van der Waals surface area contributed by atoms with E-state index in [1.54, 1.807) is 0 Å². The number of aliphatic hydroxyl groups is 1. The summed E-state index contributed by atoms with van der Waals surface area (Å²) in [5.74, 6) is -0.678. The van der Waals surface area contributed by atoms with Gasteiger partial charge in [0.2, 0.25) is 0 Å². The molecule has 0 aromatic rings. The maximum Gasteiger partial charge on any atom is 0.472 e. The van der Waals surface area contributed by atoms with Crippen molar-refractivity contribution >= 4 is 39.5 Å². The molecule has 3 N–H and O–H groups in total. The molecule has 0 amide bonds. The maximum atomic E-state index is 13.1. The topological polar surface area (TPSA) is 237 Å². The zero-order valence-corrected chi connectivity index (χ0v) is 63.2. The lowest BCUT2D eigenvalue weighted by Gasteiger charge is -2.21. The van der Waals surface area contributed by atoms with E-state index in [0.29, 0.717) is 31.6 Å². The largest absolute Gasteiger partial charge is 0.472 e. The zero-order valence-electron chi connectivity index (χ0n) is 61.5. The van der Waals surface area contributed by atoms with Gasteiger partial charge in [0.25, 0.3) is 0 Å². The number of allylic oxidation sites excluding steroid dienone is 4. The minimum Gasteiger partial charge on any atom is -0.462 e. The van der Waals surface area contributed by atoms with Crippen LogP contribution < -0.4 is 0 Å². The monoisotopic (exact) mass is 1390 g/mol. The van der Waals surface area contributed by atoms with Gasteiger partial charge >= 0.3 is 39.5 Å². The van der Waals surface area contributed by atoms with E-state index < -0.39 is 97.5 Å². The van der Waals surface area contributed by atoms with E-state index in [-0.39, 0.29) is 25.7 Å². The van der Waals surface area contributed by atoms with Gasteiger partial charge in [-0.3, -0.25) is 37.3 Å². The lowest BCUT2D eigenvalue weighted by molar-refractivity contribution is -0.161. The number of rotatable bonds is 73. The molecule has 0 saturated heterocycles. The number of hydrogen-bond acceptors (Lipinski definition) is 15. The standard InChI is InChI=1S/C76H144O17P2/c1-7-10-12-14-16-18-20-22-24-25-26-28-30-32-34-41-48-54-60-75(80)92-71(64-86-73(78)58-52-46-40-33-31-29-27-23-21-19-17-15-13-11-8-2)66-90-94(82,83)88-62-70(77)63-89-95(84,85)91-67-72(65-87-74(79)59-53-47-43-37-38-44-50-56-68(4)5)93-76(81)61-55-49-42-36-35-39-45-51-57-69(6)9-3/h19,21,23,27,68-72,77H,7-18,20,22,24-26,28-67H2,1-6H3,(H,82,83)(H,84,85)/b21-19-,27-23-/t69?,70-,71-,72-/m1/s1. The van der Waals surface area contributed by atoms with Crippen LogP contribution in [0.3, 0.4) is 0 Å². The van der Waals surface area contributed by atoms with Gasteiger partial charge in [0, 0.05) is 25.7 Å². The first-order chi connectivity index (χ1) is 45.9. The molecule has 0 bridgehead atoms. The molecule has 0 aromatic carbocycles. The van der Waals surface area contributed by atoms with Crippen LogP contribution in [0.25, 0.3) is 0 Å². The molecule has 0 aromatic heterocycles. The van der Waals surface area contributed by atoms with Crippen LogP contribution in [0.2, 0.25) is 0 Å². The molecule has 95 heavy (non-hydrogen) atoms. The van der Waals surface area contributed by atoms with Gasteiger partial charge < -0.3 is 33.8 Å². The van der Waals surface area contributed by atoms with Crippen molar-refractivity contribution in [3.05, 3.63) is 24.3 Å². The van der Waals surface area contributed by atoms with E-state index in [1.165, 1.54) is 161 Å². The summed E-state index contributed by atoms with van der Waals surface area (Å²) < 4.78 is 68.5. The highest BCUT2D eigenvalue weighted by molar-refractivity contribution is 7.47. The summed E-state index contributed by atoms with van der Waals surface area (Å²) in [6.45, 7) is 9.46. The van der Waals surface area contributed by atoms with E-state index >= 15 is 0 Å². The number of unbranched alkanes of at least 4 members (excludes halogenated alkanes) is 39. The van der Waals surface area contributed by atoms with Crippen LogP contribution in [0.1, 0.15) is 369 Å². The van der Waals surface area contributed by atoms with Crippen molar-refractivity contribution in [2.75, 3.05) is 39.6 Å². The Kier molecular flexibility index (Phi) is 65.6. The Morgan fingerprint density at radius 1 is 0.347 bits per heavy atom. The molecule has 17 nitrogen and oxygen atoms in total. The van der Waals surface area contributed by atoms with Crippen molar-refractivity contribution in [1.82, 2.24) is 0 Å². The van der Waals surface area contributed by atoms with Crippen molar-refractivity contribution in [1.29, 1.82) is 0 Å². The molecular formula is C76H144O17P2. The van der Waals surface area contributed by atoms with E-state index in [9.17, 15) is 43.2 Å². The van der Waals surface area contributed by atoms with Gasteiger partial charge in [-0.15, -0.1) is 0 Å². The van der Waals surface area contributed by atoms with Crippen molar-refractivity contribution in [2.45, 2.75) is 387 Å². The predicted molar refractivity (Wildman–Crippen MR) is 386 cm³/mol. The predicted octanol–water partition coefficient (Wildman–Crippen LogP) is 21.9. The lowest BCUT2D eigenvalue weighted by atomic mass is 9.99. The molecular weight excluding hydrogens is 1250 g/mol. The highest BCUT2D eigenvalue weighted by atomic mass is 31.2. The minimum atomic E-state index is -4.96. The molecule has 0 aliphatic carbocycles. The fraction of sp³-hybridized carbons (Fsp3) is 0.895.